The number of sulfonamides is 1. The van der Waals surface area contributed by atoms with Gasteiger partial charge in [-0.05, 0) is 37.5 Å². The Hall–Kier alpha value is -1.13. The van der Waals surface area contributed by atoms with E-state index in [1.807, 2.05) is 6.07 Å². The van der Waals surface area contributed by atoms with Crippen molar-refractivity contribution in [3.8, 4) is 6.07 Å². The van der Waals surface area contributed by atoms with Gasteiger partial charge in [0.1, 0.15) is 0 Å². The zero-order valence-electron chi connectivity index (χ0n) is 10.3. The zero-order chi connectivity index (χ0) is 13.2. The van der Waals surface area contributed by atoms with Crippen molar-refractivity contribution < 1.29 is 8.42 Å². The van der Waals surface area contributed by atoms with Gasteiger partial charge in [-0.2, -0.15) is 5.26 Å². The number of nitriles is 1. The van der Waals surface area contributed by atoms with E-state index in [2.05, 4.69) is 4.72 Å². The van der Waals surface area contributed by atoms with Crippen LogP contribution in [0.4, 0.5) is 0 Å². The Balaban J connectivity index is 0.00000180. The highest BCUT2D eigenvalue weighted by atomic mass is 35.5. The van der Waals surface area contributed by atoms with Gasteiger partial charge >= 0.3 is 0 Å². The fraction of sp³-hybridized carbons (Fsp3) is 0.417. The summed E-state index contributed by atoms with van der Waals surface area (Å²) in [7, 11) is -3.58. The molecule has 3 N–H and O–H groups in total. The molecule has 7 heteroatoms. The molecule has 1 aromatic rings. The number of halogens is 1. The van der Waals surface area contributed by atoms with E-state index in [0.29, 0.717) is 5.56 Å². The SMILES string of the molecule is Cl.N#Cc1cccc(S(=O)(=O)NCC2(N)CCC2)c1. The van der Waals surface area contributed by atoms with Crippen LogP contribution in [0.2, 0.25) is 0 Å². The van der Waals surface area contributed by atoms with Gasteiger partial charge in [0.2, 0.25) is 10.0 Å². The molecule has 0 aliphatic heterocycles. The molecule has 5 nitrogen and oxygen atoms in total. The molecule has 0 spiro atoms. The van der Waals surface area contributed by atoms with Gasteiger partial charge in [0.25, 0.3) is 0 Å². The lowest BCUT2D eigenvalue weighted by Gasteiger charge is -2.37. The third kappa shape index (κ3) is 3.67. The summed E-state index contributed by atoms with van der Waals surface area (Å²) in [5.74, 6) is 0. The average Bonchev–Trinajstić information content (AvgIpc) is 2.34. The Bertz CT molecular complexity index is 591. The summed E-state index contributed by atoms with van der Waals surface area (Å²) >= 11 is 0. The van der Waals surface area contributed by atoms with Crippen LogP contribution in [0.5, 0.6) is 0 Å². The van der Waals surface area contributed by atoms with Crippen LogP contribution < -0.4 is 10.5 Å². The predicted molar refractivity (Wildman–Crippen MR) is 74.4 cm³/mol. The van der Waals surface area contributed by atoms with E-state index in [9.17, 15) is 8.42 Å². The van der Waals surface area contributed by atoms with Crippen molar-refractivity contribution in [3.63, 3.8) is 0 Å². The first-order valence-corrected chi connectivity index (χ1v) is 7.22. The van der Waals surface area contributed by atoms with Crippen LogP contribution >= 0.6 is 12.4 Å². The molecule has 2 rings (SSSR count). The van der Waals surface area contributed by atoms with E-state index >= 15 is 0 Å². The third-order valence-corrected chi connectivity index (χ3v) is 4.64. The number of benzene rings is 1. The summed E-state index contributed by atoms with van der Waals surface area (Å²) < 4.78 is 26.5. The molecule has 104 valence electrons. The van der Waals surface area contributed by atoms with Crippen molar-refractivity contribution in [1.29, 1.82) is 5.26 Å². The molecule has 1 saturated carbocycles. The Labute approximate surface area is 119 Å². The highest BCUT2D eigenvalue weighted by Gasteiger charge is 2.33. The van der Waals surface area contributed by atoms with Crippen molar-refractivity contribution in [2.75, 3.05) is 6.54 Å². The van der Waals surface area contributed by atoms with Crippen LogP contribution in [0.3, 0.4) is 0 Å². The van der Waals surface area contributed by atoms with Crippen LogP contribution in [0.15, 0.2) is 29.2 Å². The standard InChI is InChI=1S/C12H15N3O2S.ClH/c13-8-10-3-1-4-11(7-10)18(16,17)15-9-12(14)5-2-6-12;/h1,3-4,7,15H,2,5-6,9,14H2;1H. The van der Waals surface area contributed by atoms with E-state index in [1.54, 1.807) is 12.1 Å². The van der Waals surface area contributed by atoms with Crippen molar-refractivity contribution in [2.45, 2.75) is 29.7 Å². The van der Waals surface area contributed by atoms with Crippen LogP contribution in [0.25, 0.3) is 0 Å². The Morgan fingerprint density at radius 3 is 2.63 bits per heavy atom. The largest absolute Gasteiger partial charge is 0.324 e. The lowest BCUT2D eigenvalue weighted by Crippen LogP contribution is -2.54. The summed E-state index contributed by atoms with van der Waals surface area (Å²) in [6, 6.07) is 7.85. The van der Waals surface area contributed by atoms with Gasteiger partial charge in [0, 0.05) is 12.1 Å². The second-order valence-electron chi connectivity index (χ2n) is 4.68. The Morgan fingerprint density at radius 2 is 2.11 bits per heavy atom. The summed E-state index contributed by atoms with van der Waals surface area (Å²) in [4.78, 5) is 0.101. The molecule has 0 saturated heterocycles. The molecule has 0 aromatic heterocycles. The molecule has 1 aromatic carbocycles. The number of nitrogens with zero attached hydrogens (tertiary/aromatic N) is 1. The van der Waals surface area contributed by atoms with Gasteiger partial charge in [0.05, 0.1) is 16.5 Å². The molecule has 0 unspecified atom stereocenters. The highest BCUT2D eigenvalue weighted by Crippen LogP contribution is 2.28. The van der Waals surface area contributed by atoms with Crippen molar-refractivity contribution in [3.05, 3.63) is 29.8 Å². The molecule has 1 aliphatic carbocycles. The summed E-state index contributed by atoms with van der Waals surface area (Å²) in [6.07, 6.45) is 2.73. The topological polar surface area (TPSA) is 96.0 Å². The summed E-state index contributed by atoms with van der Waals surface area (Å²) in [5.41, 5.74) is 5.89. The van der Waals surface area contributed by atoms with E-state index in [0.717, 1.165) is 19.3 Å². The molecule has 0 bridgehead atoms. The lowest BCUT2D eigenvalue weighted by atomic mass is 9.78. The molecule has 1 fully saturated rings. The average molecular weight is 302 g/mol. The first kappa shape index (κ1) is 15.9. The lowest BCUT2D eigenvalue weighted by molar-refractivity contribution is 0.251. The molecule has 0 atom stereocenters. The Morgan fingerprint density at radius 1 is 1.42 bits per heavy atom. The van der Waals surface area contributed by atoms with E-state index in [-0.39, 0.29) is 23.8 Å². The molecular formula is C12H16ClN3O2S. The zero-order valence-corrected chi connectivity index (χ0v) is 11.9. The normalized spacial score (nSPS) is 16.8. The second-order valence-corrected chi connectivity index (χ2v) is 6.45. The molecule has 0 amide bonds. The molecule has 0 radical (unpaired) electrons. The van der Waals surface area contributed by atoms with Gasteiger partial charge in [-0.25, -0.2) is 13.1 Å². The maximum atomic E-state index is 12.0. The maximum Gasteiger partial charge on any atom is 0.240 e. The number of nitrogens with one attached hydrogen (secondary N) is 1. The van der Waals surface area contributed by atoms with Gasteiger partial charge in [-0.3, -0.25) is 0 Å². The van der Waals surface area contributed by atoms with E-state index in [1.165, 1.54) is 12.1 Å². The van der Waals surface area contributed by atoms with Gasteiger partial charge < -0.3 is 5.73 Å². The molecular weight excluding hydrogens is 286 g/mol. The molecule has 1 aliphatic rings. The number of rotatable bonds is 4. The summed E-state index contributed by atoms with van der Waals surface area (Å²) in [5, 5.41) is 8.75. The van der Waals surface area contributed by atoms with Crippen molar-refractivity contribution >= 4 is 22.4 Å². The second kappa shape index (κ2) is 5.88. The fourth-order valence-corrected chi connectivity index (χ4v) is 3.05. The number of nitrogens with two attached hydrogens (primary N) is 1. The van der Waals surface area contributed by atoms with Crippen LogP contribution in [0, 0.1) is 11.3 Å². The maximum absolute atomic E-state index is 12.0. The van der Waals surface area contributed by atoms with Gasteiger partial charge in [-0.1, -0.05) is 6.07 Å². The molecule has 0 heterocycles. The van der Waals surface area contributed by atoms with E-state index < -0.39 is 15.6 Å². The highest BCUT2D eigenvalue weighted by molar-refractivity contribution is 7.89. The molecule has 19 heavy (non-hydrogen) atoms. The van der Waals surface area contributed by atoms with Crippen LogP contribution in [0.1, 0.15) is 24.8 Å². The Kier molecular flexibility index (Phi) is 4.93. The smallest absolute Gasteiger partial charge is 0.240 e. The monoisotopic (exact) mass is 301 g/mol. The van der Waals surface area contributed by atoms with Crippen molar-refractivity contribution in [2.24, 2.45) is 5.73 Å². The minimum atomic E-state index is -3.58. The van der Waals surface area contributed by atoms with E-state index in [4.69, 9.17) is 11.0 Å². The number of hydrogen-bond donors (Lipinski definition) is 2. The minimum absolute atomic E-state index is 0. The van der Waals surface area contributed by atoms with Crippen molar-refractivity contribution in [1.82, 2.24) is 4.72 Å². The fourth-order valence-electron chi connectivity index (χ4n) is 1.86. The van der Waals surface area contributed by atoms with Crippen LogP contribution in [-0.4, -0.2) is 20.5 Å². The van der Waals surface area contributed by atoms with Gasteiger partial charge in [-0.15, -0.1) is 12.4 Å². The predicted octanol–water partition coefficient (Wildman–Crippen LogP) is 1.14. The quantitative estimate of drug-likeness (QED) is 0.871. The summed E-state index contributed by atoms with van der Waals surface area (Å²) in [6.45, 7) is 0.242. The third-order valence-electron chi connectivity index (χ3n) is 3.24. The first-order valence-electron chi connectivity index (χ1n) is 5.74. The minimum Gasteiger partial charge on any atom is -0.324 e. The van der Waals surface area contributed by atoms with Crippen LogP contribution in [-0.2, 0) is 10.0 Å². The number of hydrogen-bond acceptors (Lipinski definition) is 4. The van der Waals surface area contributed by atoms with Gasteiger partial charge in [0.15, 0.2) is 0 Å². The first-order chi connectivity index (χ1) is 8.45.